The number of hydrogen-bond donors (Lipinski definition) is 0. The number of piperidine rings is 1. The second kappa shape index (κ2) is 6.42. The van der Waals surface area contributed by atoms with Gasteiger partial charge in [-0.3, -0.25) is 4.79 Å². The monoisotopic (exact) mass is 281 g/mol. The molecule has 1 amide bonds. The molecule has 104 valence electrons. The van der Waals surface area contributed by atoms with E-state index in [9.17, 15) is 9.18 Å². The number of carbonyl (C=O) groups is 1. The molecule has 1 aliphatic heterocycles. The first kappa shape index (κ1) is 14.4. The van der Waals surface area contributed by atoms with Gasteiger partial charge in [0.2, 0.25) is 5.91 Å². The standard InChI is InChI=1S/C15H20FNOS/c1-11-7-9-17(10-8-11)15(18)12(2)19-14-6-4-3-5-13(14)16/h3-6,11-12H,7-10H2,1-2H3. The molecule has 4 heteroatoms. The number of halogens is 1. The molecule has 2 nitrogen and oxygen atoms in total. The Balaban J connectivity index is 1.94. The van der Waals surface area contributed by atoms with E-state index in [1.54, 1.807) is 18.2 Å². The van der Waals surface area contributed by atoms with Crippen LogP contribution >= 0.6 is 11.8 Å². The highest BCUT2D eigenvalue weighted by Gasteiger charge is 2.25. The lowest BCUT2D eigenvalue weighted by atomic mass is 9.99. The van der Waals surface area contributed by atoms with Crippen molar-refractivity contribution in [3.8, 4) is 0 Å². The van der Waals surface area contributed by atoms with Gasteiger partial charge in [-0.1, -0.05) is 19.1 Å². The molecule has 1 aliphatic rings. The minimum absolute atomic E-state index is 0.125. The average Bonchev–Trinajstić information content (AvgIpc) is 2.41. The summed E-state index contributed by atoms with van der Waals surface area (Å²) in [6.07, 6.45) is 2.14. The van der Waals surface area contributed by atoms with Crippen LogP contribution in [0.5, 0.6) is 0 Å². The highest BCUT2D eigenvalue weighted by atomic mass is 32.2. The van der Waals surface area contributed by atoms with E-state index in [2.05, 4.69) is 6.92 Å². The van der Waals surface area contributed by atoms with Crippen LogP contribution in [0.3, 0.4) is 0 Å². The second-order valence-corrected chi connectivity index (χ2v) is 6.58. The Morgan fingerprint density at radius 3 is 2.63 bits per heavy atom. The molecule has 1 atom stereocenters. The first-order chi connectivity index (χ1) is 9.08. The molecule has 0 N–H and O–H groups in total. The van der Waals surface area contributed by atoms with Crippen LogP contribution in [0.15, 0.2) is 29.2 Å². The van der Waals surface area contributed by atoms with Crippen molar-refractivity contribution in [2.24, 2.45) is 5.92 Å². The van der Waals surface area contributed by atoms with Gasteiger partial charge >= 0.3 is 0 Å². The smallest absolute Gasteiger partial charge is 0.235 e. The molecule has 1 aromatic carbocycles. The summed E-state index contributed by atoms with van der Waals surface area (Å²) in [4.78, 5) is 14.8. The molecule has 0 spiro atoms. The van der Waals surface area contributed by atoms with Crippen LogP contribution in [0.2, 0.25) is 0 Å². The van der Waals surface area contributed by atoms with E-state index in [0.717, 1.165) is 25.9 Å². The molecule has 0 bridgehead atoms. The van der Waals surface area contributed by atoms with E-state index in [4.69, 9.17) is 0 Å². The van der Waals surface area contributed by atoms with Crippen molar-refractivity contribution in [1.29, 1.82) is 0 Å². The number of nitrogens with zero attached hydrogens (tertiary/aromatic N) is 1. The van der Waals surface area contributed by atoms with Gasteiger partial charge in [0.05, 0.1) is 5.25 Å². The van der Waals surface area contributed by atoms with Gasteiger partial charge in [0, 0.05) is 18.0 Å². The minimum atomic E-state index is -0.251. The Morgan fingerprint density at radius 1 is 1.37 bits per heavy atom. The maximum atomic E-state index is 13.6. The topological polar surface area (TPSA) is 20.3 Å². The molecule has 1 saturated heterocycles. The molecule has 0 saturated carbocycles. The van der Waals surface area contributed by atoms with Crippen LogP contribution in [-0.4, -0.2) is 29.1 Å². The van der Waals surface area contributed by atoms with E-state index in [0.29, 0.717) is 10.8 Å². The summed E-state index contributed by atoms with van der Waals surface area (Å²) in [5.74, 6) is 0.582. The third-order valence-corrected chi connectivity index (χ3v) is 4.72. The number of benzene rings is 1. The fourth-order valence-electron chi connectivity index (χ4n) is 2.27. The largest absolute Gasteiger partial charge is 0.342 e. The number of likely N-dealkylation sites (tertiary alicyclic amines) is 1. The summed E-state index contributed by atoms with van der Waals surface area (Å²) < 4.78 is 13.6. The lowest BCUT2D eigenvalue weighted by molar-refractivity contribution is -0.131. The Hall–Kier alpha value is -1.03. The molecule has 0 aliphatic carbocycles. The van der Waals surface area contributed by atoms with Gasteiger partial charge in [-0.25, -0.2) is 4.39 Å². The second-order valence-electron chi connectivity index (χ2n) is 5.20. The molecular formula is C15H20FNOS. The first-order valence-corrected chi connectivity index (χ1v) is 7.66. The predicted molar refractivity (Wildman–Crippen MR) is 76.7 cm³/mol. The van der Waals surface area contributed by atoms with Gasteiger partial charge in [0.25, 0.3) is 0 Å². The van der Waals surface area contributed by atoms with E-state index in [1.165, 1.54) is 17.8 Å². The van der Waals surface area contributed by atoms with Crippen LogP contribution in [0.25, 0.3) is 0 Å². The summed E-state index contributed by atoms with van der Waals surface area (Å²) in [5, 5.41) is -0.231. The van der Waals surface area contributed by atoms with Crippen LogP contribution < -0.4 is 0 Å². The molecule has 1 aromatic rings. The molecule has 0 radical (unpaired) electrons. The highest BCUT2D eigenvalue weighted by molar-refractivity contribution is 8.00. The average molecular weight is 281 g/mol. The Morgan fingerprint density at radius 2 is 2.00 bits per heavy atom. The van der Waals surface area contributed by atoms with E-state index >= 15 is 0 Å². The molecule has 1 heterocycles. The van der Waals surface area contributed by atoms with Crippen molar-refractivity contribution in [2.45, 2.75) is 36.8 Å². The Kier molecular flexibility index (Phi) is 4.86. The summed E-state index contributed by atoms with van der Waals surface area (Å²) >= 11 is 1.31. The van der Waals surface area contributed by atoms with Crippen LogP contribution in [0, 0.1) is 11.7 Å². The quantitative estimate of drug-likeness (QED) is 0.790. The molecule has 2 rings (SSSR count). The van der Waals surface area contributed by atoms with Crippen molar-refractivity contribution >= 4 is 17.7 Å². The maximum absolute atomic E-state index is 13.6. The Labute approximate surface area is 118 Å². The normalized spacial score (nSPS) is 18.4. The number of rotatable bonds is 3. The third kappa shape index (κ3) is 3.72. The molecular weight excluding hydrogens is 261 g/mol. The fraction of sp³-hybridized carbons (Fsp3) is 0.533. The number of thioether (sulfide) groups is 1. The zero-order valence-corrected chi connectivity index (χ0v) is 12.3. The lowest BCUT2D eigenvalue weighted by Gasteiger charge is -2.32. The molecule has 1 unspecified atom stereocenters. The van der Waals surface area contributed by atoms with E-state index in [-0.39, 0.29) is 17.0 Å². The molecule has 0 aromatic heterocycles. The maximum Gasteiger partial charge on any atom is 0.235 e. The van der Waals surface area contributed by atoms with Crippen molar-refractivity contribution in [3.05, 3.63) is 30.1 Å². The van der Waals surface area contributed by atoms with Crippen LogP contribution in [0.4, 0.5) is 4.39 Å². The molecule has 19 heavy (non-hydrogen) atoms. The lowest BCUT2D eigenvalue weighted by Crippen LogP contribution is -2.41. The molecule has 1 fully saturated rings. The zero-order chi connectivity index (χ0) is 13.8. The van der Waals surface area contributed by atoms with Gasteiger partial charge in [-0.2, -0.15) is 0 Å². The minimum Gasteiger partial charge on any atom is -0.342 e. The van der Waals surface area contributed by atoms with Crippen LogP contribution in [-0.2, 0) is 4.79 Å². The van der Waals surface area contributed by atoms with Crippen molar-refractivity contribution in [2.75, 3.05) is 13.1 Å². The van der Waals surface area contributed by atoms with Gasteiger partial charge in [-0.05, 0) is 37.8 Å². The van der Waals surface area contributed by atoms with Crippen molar-refractivity contribution in [3.63, 3.8) is 0 Å². The van der Waals surface area contributed by atoms with E-state index < -0.39 is 0 Å². The Bertz CT molecular complexity index is 444. The SMILES string of the molecule is CC1CCN(C(=O)C(C)Sc2ccccc2F)CC1. The zero-order valence-electron chi connectivity index (χ0n) is 11.4. The number of amides is 1. The number of carbonyl (C=O) groups excluding carboxylic acids is 1. The van der Waals surface area contributed by atoms with Gasteiger partial charge in [-0.15, -0.1) is 11.8 Å². The number of hydrogen-bond acceptors (Lipinski definition) is 2. The van der Waals surface area contributed by atoms with Gasteiger partial charge < -0.3 is 4.90 Å². The summed E-state index contributed by atoms with van der Waals surface area (Å²) in [6, 6.07) is 6.62. The van der Waals surface area contributed by atoms with Gasteiger partial charge in [0.1, 0.15) is 5.82 Å². The van der Waals surface area contributed by atoms with Crippen LogP contribution in [0.1, 0.15) is 26.7 Å². The summed E-state index contributed by atoms with van der Waals surface area (Å²) in [7, 11) is 0. The predicted octanol–water partition coefficient (Wildman–Crippen LogP) is 3.56. The first-order valence-electron chi connectivity index (χ1n) is 6.78. The van der Waals surface area contributed by atoms with Crippen molar-refractivity contribution in [1.82, 2.24) is 4.90 Å². The van der Waals surface area contributed by atoms with E-state index in [1.807, 2.05) is 11.8 Å². The fourth-order valence-corrected chi connectivity index (χ4v) is 3.24. The summed E-state index contributed by atoms with van der Waals surface area (Å²) in [6.45, 7) is 5.75. The van der Waals surface area contributed by atoms with Gasteiger partial charge in [0.15, 0.2) is 0 Å². The van der Waals surface area contributed by atoms with Crippen molar-refractivity contribution < 1.29 is 9.18 Å². The summed E-state index contributed by atoms with van der Waals surface area (Å²) in [5.41, 5.74) is 0. The highest BCUT2D eigenvalue weighted by Crippen LogP contribution is 2.28. The third-order valence-electron chi connectivity index (χ3n) is 3.58.